The molecule has 0 radical (unpaired) electrons. The number of H-pyrrole nitrogens is 1. The largest absolute Gasteiger partial charge is 0.476 e. The molecule has 19 heavy (non-hydrogen) atoms. The van der Waals surface area contributed by atoms with E-state index in [1.807, 2.05) is 0 Å². The van der Waals surface area contributed by atoms with Gasteiger partial charge >= 0.3 is 5.97 Å². The van der Waals surface area contributed by atoms with Crippen LogP contribution in [0, 0.1) is 20.8 Å². The molecule has 2 rings (SSSR count). The van der Waals surface area contributed by atoms with Crippen molar-refractivity contribution in [3.8, 4) is 0 Å². The first-order valence-corrected chi connectivity index (χ1v) is 6.32. The van der Waals surface area contributed by atoms with Gasteiger partial charge in [-0.1, -0.05) is 23.8 Å². The van der Waals surface area contributed by atoms with Crippen LogP contribution < -0.4 is 0 Å². The van der Waals surface area contributed by atoms with Gasteiger partial charge in [0.2, 0.25) is 0 Å². The molecule has 2 aromatic rings. The van der Waals surface area contributed by atoms with Crippen molar-refractivity contribution < 1.29 is 9.90 Å². The molecule has 0 aliphatic rings. The lowest BCUT2D eigenvalue weighted by Crippen LogP contribution is -2.04. The Morgan fingerprint density at radius 1 is 1.26 bits per heavy atom. The summed E-state index contributed by atoms with van der Waals surface area (Å²) >= 11 is 0. The van der Waals surface area contributed by atoms with Gasteiger partial charge in [-0.25, -0.2) is 9.78 Å². The van der Waals surface area contributed by atoms with E-state index in [0.29, 0.717) is 17.9 Å². The smallest absolute Gasteiger partial charge is 0.356 e. The van der Waals surface area contributed by atoms with Crippen LogP contribution in [0.3, 0.4) is 0 Å². The highest BCUT2D eigenvalue weighted by atomic mass is 16.4. The number of carbonyl (C=O) groups is 1. The van der Waals surface area contributed by atoms with Crippen LogP contribution in [-0.2, 0) is 12.8 Å². The van der Waals surface area contributed by atoms with Crippen molar-refractivity contribution >= 4 is 5.97 Å². The van der Waals surface area contributed by atoms with Crippen LogP contribution in [0.4, 0.5) is 0 Å². The summed E-state index contributed by atoms with van der Waals surface area (Å²) in [5, 5.41) is 9.09. The lowest BCUT2D eigenvalue weighted by atomic mass is 10.00. The summed E-state index contributed by atoms with van der Waals surface area (Å²) in [7, 11) is 0. The van der Waals surface area contributed by atoms with Gasteiger partial charge in [0.15, 0.2) is 5.69 Å². The third-order valence-electron chi connectivity index (χ3n) is 3.25. The second kappa shape index (κ2) is 5.26. The summed E-state index contributed by atoms with van der Waals surface area (Å²) < 4.78 is 0. The number of rotatable bonds is 4. The molecule has 0 spiro atoms. The minimum absolute atomic E-state index is 0.141. The monoisotopic (exact) mass is 258 g/mol. The van der Waals surface area contributed by atoms with E-state index in [-0.39, 0.29) is 5.69 Å². The fraction of sp³-hybridized carbons (Fsp3) is 0.333. The number of aromatic nitrogens is 2. The number of imidazole rings is 1. The summed E-state index contributed by atoms with van der Waals surface area (Å²) in [6.45, 7) is 5.91. The Morgan fingerprint density at radius 3 is 2.68 bits per heavy atom. The van der Waals surface area contributed by atoms with Crippen molar-refractivity contribution in [2.45, 2.75) is 33.6 Å². The van der Waals surface area contributed by atoms with Crippen LogP contribution in [0.15, 0.2) is 18.2 Å². The van der Waals surface area contributed by atoms with E-state index in [2.05, 4.69) is 42.0 Å². The molecule has 100 valence electrons. The summed E-state index contributed by atoms with van der Waals surface area (Å²) in [4.78, 5) is 18.1. The van der Waals surface area contributed by atoms with E-state index < -0.39 is 5.97 Å². The topological polar surface area (TPSA) is 66.0 Å². The molecule has 0 saturated heterocycles. The second-order valence-electron chi connectivity index (χ2n) is 4.88. The molecule has 0 atom stereocenters. The third kappa shape index (κ3) is 3.02. The van der Waals surface area contributed by atoms with Gasteiger partial charge in [-0.2, -0.15) is 0 Å². The van der Waals surface area contributed by atoms with E-state index in [0.717, 1.165) is 6.42 Å². The number of aromatic carboxylic acids is 1. The van der Waals surface area contributed by atoms with Gasteiger partial charge in [0.05, 0.1) is 0 Å². The first-order chi connectivity index (χ1) is 8.97. The van der Waals surface area contributed by atoms with Crippen LogP contribution >= 0.6 is 0 Å². The van der Waals surface area contributed by atoms with Crippen LogP contribution in [0.25, 0.3) is 0 Å². The molecule has 0 bridgehead atoms. The number of carboxylic acids is 1. The first kappa shape index (κ1) is 13.3. The van der Waals surface area contributed by atoms with Crippen molar-refractivity contribution in [2.24, 2.45) is 0 Å². The van der Waals surface area contributed by atoms with E-state index in [1.165, 1.54) is 16.7 Å². The van der Waals surface area contributed by atoms with E-state index in [1.54, 1.807) is 6.92 Å². The normalized spacial score (nSPS) is 10.7. The molecule has 0 fully saturated rings. The van der Waals surface area contributed by atoms with Gasteiger partial charge in [0.25, 0.3) is 0 Å². The standard InChI is InChI=1S/C15H18N2O2/c1-9-4-5-10(2)12(8-9)6-7-13-14(15(18)19)17-11(3)16-13/h4-5,8H,6-7H2,1-3H3,(H,16,17)(H,18,19). The quantitative estimate of drug-likeness (QED) is 0.886. The number of hydrogen-bond donors (Lipinski definition) is 2. The zero-order valence-corrected chi connectivity index (χ0v) is 11.4. The minimum Gasteiger partial charge on any atom is -0.476 e. The molecule has 0 aliphatic carbocycles. The number of nitrogens with zero attached hydrogens (tertiary/aromatic N) is 1. The fourth-order valence-electron chi connectivity index (χ4n) is 2.23. The summed E-state index contributed by atoms with van der Waals surface area (Å²) in [5.74, 6) is -0.325. The van der Waals surface area contributed by atoms with Gasteiger partial charge in [-0.15, -0.1) is 0 Å². The summed E-state index contributed by atoms with van der Waals surface area (Å²) in [6.07, 6.45) is 1.47. The average Bonchev–Trinajstić information content (AvgIpc) is 2.72. The van der Waals surface area contributed by atoms with Gasteiger partial charge in [0.1, 0.15) is 5.82 Å². The highest BCUT2D eigenvalue weighted by molar-refractivity contribution is 5.86. The van der Waals surface area contributed by atoms with Crippen molar-refractivity contribution in [3.05, 3.63) is 52.1 Å². The van der Waals surface area contributed by atoms with Gasteiger partial charge < -0.3 is 10.1 Å². The summed E-state index contributed by atoms with van der Waals surface area (Å²) in [5.41, 5.74) is 4.55. The van der Waals surface area contributed by atoms with E-state index >= 15 is 0 Å². The number of aryl methyl sites for hydroxylation is 5. The van der Waals surface area contributed by atoms with Crippen molar-refractivity contribution in [3.63, 3.8) is 0 Å². The molecule has 4 nitrogen and oxygen atoms in total. The first-order valence-electron chi connectivity index (χ1n) is 6.32. The van der Waals surface area contributed by atoms with Crippen LogP contribution in [-0.4, -0.2) is 21.0 Å². The Balaban J connectivity index is 2.19. The maximum atomic E-state index is 11.1. The number of carboxylic acid groups (broad SMARTS) is 1. The average molecular weight is 258 g/mol. The maximum Gasteiger partial charge on any atom is 0.356 e. The van der Waals surface area contributed by atoms with Crippen LogP contribution in [0.2, 0.25) is 0 Å². The molecular formula is C15H18N2O2. The van der Waals surface area contributed by atoms with Crippen molar-refractivity contribution in [1.82, 2.24) is 9.97 Å². The Kier molecular flexibility index (Phi) is 3.69. The van der Waals surface area contributed by atoms with Gasteiger partial charge in [0, 0.05) is 5.69 Å². The Hall–Kier alpha value is -2.10. The summed E-state index contributed by atoms with van der Waals surface area (Å²) in [6, 6.07) is 6.34. The molecular weight excluding hydrogens is 240 g/mol. The van der Waals surface area contributed by atoms with Crippen molar-refractivity contribution in [1.29, 1.82) is 0 Å². The Morgan fingerprint density at radius 2 is 2.00 bits per heavy atom. The molecule has 4 heteroatoms. The van der Waals surface area contributed by atoms with E-state index in [4.69, 9.17) is 5.11 Å². The number of benzene rings is 1. The molecule has 1 heterocycles. The van der Waals surface area contributed by atoms with E-state index in [9.17, 15) is 4.79 Å². The predicted octanol–water partition coefficient (Wildman–Crippen LogP) is 2.82. The Bertz CT molecular complexity index is 615. The minimum atomic E-state index is -0.972. The molecule has 2 N–H and O–H groups in total. The molecule has 1 aromatic heterocycles. The number of aromatic amines is 1. The zero-order valence-electron chi connectivity index (χ0n) is 11.4. The Labute approximate surface area is 112 Å². The molecule has 0 amide bonds. The highest BCUT2D eigenvalue weighted by Crippen LogP contribution is 2.15. The fourth-order valence-corrected chi connectivity index (χ4v) is 2.23. The maximum absolute atomic E-state index is 11.1. The third-order valence-corrected chi connectivity index (χ3v) is 3.25. The van der Waals surface area contributed by atoms with Crippen molar-refractivity contribution in [2.75, 3.05) is 0 Å². The van der Waals surface area contributed by atoms with Gasteiger partial charge in [-0.05, 0) is 44.7 Å². The van der Waals surface area contributed by atoms with Crippen LogP contribution in [0.5, 0.6) is 0 Å². The molecule has 0 saturated carbocycles. The second-order valence-corrected chi connectivity index (χ2v) is 4.88. The molecule has 1 aromatic carbocycles. The zero-order chi connectivity index (χ0) is 14.0. The van der Waals surface area contributed by atoms with Gasteiger partial charge in [-0.3, -0.25) is 0 Å². The highest BCUT2D eigenvalue weighted by Gasteiger charge is 2.15. The lowest BCUT2D eigenvalue weighted by Gasteiger charge is -2.06. The van der Waals surface area contributed by atoms with Crippen LogP contribution in [0.1, 0.15) is 38.7 Å². The molecule has 0 aliphatic heterocycles. The predicted molar refractivity (Wildman–Crippen MR) is 73.6 cm³/mol. The number of hydrogen-bond acceptors (Lipinski definition) is 2. The SMILES string of the molecule is Cc1ccc(C)c(CCc2[nH]c(C)nc2C(=O)O)c1. The lowest BCUT2D eigenvalue weighted by molar-refractivity contribution is 0.0689. The number of nitrogens with one attached hydrogen (secondary N) is 1. The molecule has 0 unspecified atom stereocenters.